The van der Waals surface area contributed by atoms with E-state index < -0.39 is 0 Å². The van der Waals surface area contributed by atoms with Crippen LogP contribution in [0.4, 0.5) is 0 Å². The Morgan fingerprint density at radius 3 is 2.03 bits per heavy atom. The quantitative estimate of drug-likeness (QED) is 0.368. The number of hydrogen-bond acceptors (Lipinski definition) is 0. The molecule has 0 unspecified atom stereocenters. The summed E-state index contributed by atoms with van der Waals surface area (Å²) in [4.78, 5) is 0. The van der Waals surface area contributed by atoms with Gasteiger partial charge in [-0.05, 0) is 121 Å². The lowest BCUT2D eigenvalue weighted by Crippen LogP contribution is -2.65. The van der Waals surface area contributed by atoms with Gasteiger partial charge in [0.05, 0.1) is 0 Å². The fourth-order valence-corrected chi connectivity index (χ4v) is 12.1. The molecular formula is C31H52. The summed E-state index contributed by atoms with van der Waals surface area (Å²) in [5, 5.41) is 0. The van der Waals surface area contributed by atoms with Crippen LogP contribution in [0.25, 0.3) is 0 Å². The molecule has 0 saturated heterocycles. The maximum Gasteiger partial charge on any atom is -0.00769 e. The summed E-state index contributed by atoms with van der Waals surface area (Å²) >= 11 is 0. The monoisotopic (exact) mass is 424 g/mol. The molecule has 0 spiro atoms. The number of fused-ring (bicyclic) bond motifs is 7. The minimum Gasteiger partial charge on any atom is -0.0679 e. The van der Waals surface area contributed by atoms with E-state index in [4.69, 9.17) is 0 Å². The van der Waals surface area contributed by atoms with E-state index in [-0.39, 0.29) is 0 Å². The van der Waals surface area contributed by atoms with E-state index in [1.807, 2.05) is 11.1 Å². The molecule has 0 N–H and O–H groups in total. The van der Waals surface area contributed by atoms with Gasteiger partial charge in [0.1, 0.15) is 0 Å². The van der Waals surface area contributed by atoms with Gasteiger partial charge in [0.2, 0.25) is 0 Å². The molecule has 4 saturated carbocycles. The van der Waals surface area contributed by atoms with E-state index in [9.17, 15) is 0 Å². The first-order valence-corrected chi connectivity index (χ1v) is 14.0. The second-order valence-corrected chi connectivity index (χ2v) is 15.2. The Morgan fingerprint density at radius 2 is 1.35 bits per heavy atom. The fraction of sp³-hybridized carbons (Fsp3) is 0.935. The SMILES string of the molecule is CC(C)C1=C2CC[C@]3(C)[C@H](CC[C@@H]4[C@@]5(C)C[C@H](C)CC(C)(C)[C@@H]5CC[C@]43C)[C@@]2(C)CC1. The van der Waals surface area contributed by atoms with Crippen LogP contribution in [0, 0.1) is 56.7 Å². The van der Waals surface area contributed by atoms with Crippen molar-refractivity contribution in [3.63, 3.8) is 0 Å². The largest absolute Gasteiger partial charge is 0.0679 e. The molecule has 0 aromatic rings. The second-order valence-electron chi connectivity index (χ2n) is 15.2. The van der Waals surface area contributed by atoms with Gasteiger partial charge in [-0.1, -0.05) is 73.5 Å². The molecule has 4 fully saturated rings. The zero-order valence-electron chi connectivity index (χ0n) is 22.5. The van der Waals surface area contributed by atoms with E-state index in [0.717, 1.165) is 29.6 Å². The van der Waals surface area contributed by atoms with Crippen molar-refractivity contribution in [1.29, 1.82) is 0 Å². The summed E-state index contributed by atoms with van der Waals surface area (Å²) in [5.41, 5.74) is 6.42. The fourth-order valence-electron chi connectivity index (χ4n) is 12.1. The third-order valence-corrected chi connectivity index (χ3v) is 13.1. The van der Waals surface area contributed by atoms with Gasteiger partial charge in [-0.25, -0.2) is 0 Å². The van der Waals surface area contributed by atoms with Crippen LogP contribution in [0.2, 0.25) is 0 Å². The molecule has 5 aliphatic rings. The first-order chi connectivity index (χ1) is 14.3. The Morgan fingerprint density at radius 1 is 0.710 bits per heavy atom. The zero-order chi connectivity index (χ0) is 22.6. The van der Waals surface area contributed by atoms with Crippen LogP contribution in [0.1, 0.15) is 127 Å². The van der Waals surface area contributed by atoms with Crippen LogP contribution < -0.4 is 0 Å². The molecule has 5 aliphatic carbocycles. The molecular weight excluding hydrogens is 372 g/mol. The zero-order valence-corrected chi connectivity index (χ0v) is 22.5. The Labute approximate surface area is 194 Å². The van der Waals surface area contributed by atoms with Crippen LogP contribution >= 0.6 is 0 Å². The lowest BCUT2D eigenvalue weighted by atomic mass is 9.32. The normalized spacial score (nSPS) is 53.6. The van der Waals surface area contributed by atoms with E-state index >= 15 is 0 Å². The Kier molecular flexibility index (Phi) is 4.84. The number of rotatable bonds is 1. The number of hydrogen-bond donors (Lipinski definition) is 0. The van der Waals surface area contributed by atoms with E-state index in [1.54, 1.807) is 0 Å². The molecule has 5 rings (SSSR count). The lowest BCUT2D eigenvalue weighted by Gasteiger charge is -2.73. The average molecular weight is 425 g/mol. The van der Waals surface area contributed by atoms with Crippen LogP contribution in [0.5, 0.6) is 0 Å². The van der Waals surface area contributed by atoms with E-state index in [1.165, 1.54) is 64.2 Å². The van der Waals surface area contributed by atoms with E-state index in [0.29, 0.717) is 27.1 Å². The third-order valence-electron chi connectivity index (χ3n) is 13.1. The molecule has 0 amide bonds. The molecule has 8 atom stereocenters. The van der Waals surface area contributed by atoms with Crippen molar-refractivity contribution in [2.45, 2.75) is 127 Å². The molecule has 0 aliphatic heterocycles. The highest BCUT2D eigenvalue weighted by Crippen LogP contribution is 2.77. The minimum absolute atomic E-state index is 0.497. The summed E-state index contributed by atoms with van der Waals surface area (Å²) in [6.45, 7) is 23.8. The highest BCUT2D eigenvalue weighted by Gasteiger charge is 2.69. The average Bonchev–Trinajstić information content (AvgIpc) is 2.98. The maximum atomic E-state index is 2.80. The summed E-state index contributed by atoms with van der Waals surface area (Å²) < 4.78 is 0. The van der Waals surface area contributed by atoms with Gasteiger partial charge in [0, 0.05) is 0 Å². The predicted molar refractivity (Wildman–Crippen MR) is 134 cm³/mol. The number of allylic oxidation sites excluding steroid dienone is 2. The Hall–Kier alpha value is -0.260. The molecule has 0 aromatic carbocycles. The van der Waals surface area contributed by atoms with Gasteiger partial charge in [-0.2, -0.15) is 0 Å². The van der Waals surface area contributed by atoms with Gasteiger partial charge in [0.15, 0.2) is 0 Å². The standard InChI is InChI=1S/C31H52/c1-20(2)22-12-15-28(6)23(22)13-16-30(8)25(28)10-11-26-29(7)19-21(3)18-27(4,5)24(29)14-17-31(26,30)9/h20-21,24-26H,10-19H2,1-9H3/t21-,24+,25-,26-,28+,29+,30-,31-/m1/s1. The maximum absolute atomic E-state index is 2.80. The molecule has 0 radical (unpaired) electrons. The topological polar surface area (TPSA) is 0 Å². The van der Waals surface area contributed by atoms with Crippen LogP contribution in [0.3, 0.4) is 0 Å². The molecule has 0 heterocycles. The van der Waals surface area contributed by atoms with Crippen LogP contribution in [0.15, 0.2) is 11.1 Å². The second kappa shape index (κ2) is 6.66. The first kappa shape index (κ1) is 22.5. The van der Waals surface area contributed by atoms with Gasteiger partial charge in [-0.15, -0.1) is 0 Å². The highest BCUT2D eigenvalue weighted by molar-refractivity contribution is 5.35. The predicted octanol–water partition coefficient (Wildman–Crippen LogP) is 9.44. The molecule has 0 aromatic heterocycles. The Bertz CT molecular complexity index is 784. The summed E-state index contributed by atoms with van der Waals surface area (Å²) in [6, 6.07) is 0. The molecule has 0 bridgehead atoms. The van der Waals surface area contributed by atoms with Gasteiger partial charge < -0.3 is 0 Å². The first-order valence-electron chi connectivity index (χ1n) is 14.0. The van der Waals surface area contributed by atoms with Gasteiger partial charge in [-0.3, -0.25) is 0 Å². The van der Waals surface area contributed by atoms with Crippen LogP contribution in [-0.2, 0) is 0 Å². The van der Waals surface area contributed by atoms with Crippen molar-refractivity contribution in [1.82, 2.24) is 0 Å². The lowest BCUT2D eigenvalue weighted by molar-refractivity contribution is -0.231. The minimum atomic E-state index is 0.497. The smallest absolute Gasteiger partial charge is 0.00769 e. The summed E-state index contributed by atoms with van der Waals surface area (Å²) in [7, 11) is 0. The third kappa shape index (κ3) is 2.72. The van der Waals surface area contributed by atoms with Crippen LogP contribution in [-0.4, -0.2) is 0 Å². The summed E-state index contributed by atoms with van der Waals surface area (Å²) in [6.07, 6.45) is 14.6. The van der Waals surface area contributed by atoms with Crippen molar-refractivity contribution in [3.8, 4) is 0 Å². The van der Waals surface area contributed by atoms with E-state index in [2.05, 4.69) is 62.3 Å². The van der Waals surface area contributed by atoms with Crippen molar-refractivity contribution in [3.05, 3.63) is 11.1 Å². The Balaban J connectivity index is 1.56. The van der Waals surface area contributed by atoms with Gasteiger partial charge >= 0.3 is 0 Å². The summed E-state index contributed by atoms with van der Waals surface area (Å²) in [5.74, 6) is 4.43. The van der Waals surface area contributed by atoms with Crippen molar-refractivity contribution >= 4 is 0 Å². The van der Waals surface area contributed by atoms with Crippen molar-refractivity contribution in [2.24, 2.45) is 56.7 Å². The van der Waals surface area contributed by atoms with Gasteiger partial charge in [0.25, 0.3) is 0 Å². The highest BCUT2D eigenvalue weighted by atomic mass is 14.7. The molecule has 0 nitrogen and oxygen atoms in total. The molecule has 0 heteroatoms. The molecule has 31 heavy (non-hydrogen) atoms. The van der Waals surface area contributed by atoms with Crippen molar-refractivity contribution in [2.75, 3.05) is 0 Å². The molecule has 176 valence electrons. The van der Waals surface area contributed by atoms with Crippen molar-refractivity contribution < 1.29 is 0 Å².